The molecule has 0 aliphatic carbocycles. The summed E-state index contributed by atoms with van der Waals surface area (Å²) in [5, 5.41) is 2.65. The topological polar surface area (TPSA) is 87.7 Å². The molecule has 1 aromatic carbocycles. The summed E-state index contributed by atoms with van der Waals surface area (Å²) < 4.78 is 31.7. The molecule has 0 unspecified atom stereocenters. The highest BCUT2D eigenvalue weighted by Crippen LogP contribution is 2.11. The van der Waals surface area contributed by atoms with Gasteiger partial charge < -0.3 is 15.0 Å². The summed E-state index contributed by atoms with van der Waals surface area (Å²) in [6, 6.07) is 5.94. The summed E-state index contributed by atoms with van der Waals surface area (Å²) in [5.74, 6) is -0.331. The van der Waals surface area contributed by atoms with Crippen molar-refractivity contribution in [1.82, 2.24) is 14.9 Å². The lowest BCUT2D eigenvalue weighted by Gasteiger charge is -2.11. The largest absolute Gasteiger partial charge is 0.383 e. The molecule has 2 N–H and O–H groups in total. The summed E-state index contributed by atoms with van der Waals surface area (Å²) >= 11 is 0. The van der Waals surface area contributed by atoms with Crippen molar-refractivity contribution in [2.45, 2.75) is 4.90 Å². The van der Waals surface area contributed by atoms with E-state index in [2.05, 4.69) is 10.0 Å². The number of sulfonamides is 1. The first kappa shape index (κ1) is 18.6. The molecule has 0 heterocycles. The summed E-state index contributed by atoms with van der Waals surface area (Å²) in [6.45, 7) is 1.67. The zero-order chi connectivity index (χ0) is 16.6. The maximum Gasteiger partial charge on any atom is 0.251 e. The van der Waals surface area contributed by atoms with Gasteiger partial charge in [0, 0.05) is 32.3 Å². The number of hydrogen-bond acceptors (Lipinski definition) is 5. The Morgan fingerprint density at radius 2 is 2.00 bits per heavy atom. The fourth-order valence-corrected chi connectivity index (χ4v) is 2.73. The second-order valence-electron chi connectivity index (χ2n) is 4.98. The number of methoxy groups -OCH3 is 1. The molecule has 8 heteroatoms. The van der Waals surface area contributed by atoms with Crippen molar-refractivity contribution in [3.8, 4) is 0 Å². The van der Waals surface area contributed by atoms with Crippen LogP contribution in [0.25, 0.3) is 0 Å². The van der Waals surface area contributed by atoms with Gasteiger partial charge in [-0.25, -0.2) is 13.1 Å². The van der Waals surface area contributed by atoms with Crippen molar-refractivity contribution in [3.05, 3.63) is 29.8 Å². The lowest BCUT2D eigenvalue weighted by molar-refractivity contribution is 0.0937. The molecular weight excluding hydrogens is 306 g/mol. The molecule has 0 fully saturated rings. The van der Waals surface area contributed by atoms with Crippen LogP contribution in [0.15, 0.2) is 29.2 Å². The number of carbonyl (C=O) groups is 1. The Morgan fingerprint density at radius 3 is 2.64 bits per heavy atom. The first-order valence-corrected chi connectivity index (χ1v) is 8.36. The van der Waals surface area contributed by atoms with Crippen molar-refractivity contribution in [2.75, 3.05) is 47.4 Å². The van der Waals surface area contributed by atoms with E-state index in [1.54, 1.807) is 19.2 Å². The number of ether oxygens (including phenoxy) is 1. The van der Waals surface area contributed by atoms with E-state index in [1.165, 1.54) is 12.1 Å². The molecule has 124 valence electrons. The quantitative estimate of drug-likeness (QED) is 0.618. The smallest absolute Gasteiger partial charge is 0.251 e. The molecule has 0 aliphatic heterocycles. The average molecular weight is 329 g/mol. The third kappa shape index (κ3) is 6.10. The van der Waals surface area contributed by atoms with E-state index in [9.17, 15) is 13.2 Å². The molecule has 0 aromatic heterocycles. The van der Waals surface area contributed by atoms with Crippen molar-refractivity contribution >= 4 is 15.9 Å². The minimum Gasteiger partial charge on any atom is -0.383 e. The fourth-order valence-electron chi connectivity index (χ4n) is 1.66. The summed E-state index contributed by atoms with van der Waals surface area (Å²) in [4.78, 5) is 13.9. The van der Waals surface area contributed by atoms with Crippen molar-refractivity contribution in [3.63, 3.8) is 0 Å². The van der Waals surface area contributed by atoms with E-state index in [0.717, 1.165) is 0 Å². The first-order chi connectivity index (χ1) is 10.4. The van der Waals surface area contributed by atoms with Crippen LogP contribution in [0.2, 0.25) is 0 Å². The van der Waals surface area contributed by atoms with Gasteiger partial charge in [-0.1, -0.05) is 6.07 Å². The molecule has 0 bridgehead atoms. The van der Waals surface area contributed by atoms with E-state index in [0.29, 0.717) is 31.8 Å². The van der Waals surface area contributed by atoms with Gasteiger partial charge in [0.2, 0.25) is 10.0 Å². The molecule has 0 atom stereocenters. The first-order valence-electron chi connectivity index (χ1n) is 6.88. The Morgan fingerprint density at radius 1 is 1.27 bits per heavy atom. The zero-order valence-corrected chi connectivity index (χ0v) is 13.9. The average Bonchev–Trinajstić information content (AvgIpc) is 2.47. The third-order valence-electron chi connectivity index (χ3n) is 2.85. The van der Waals surface area contributed by atoms with Crippen LogP contribution >= 0.6 is 0 Å². The molecular formula is C14H23N3O4S. The molecule has 0 spiro atoms. The van der Waals surface area contributed by atoms with E-state index in [4.69, 9.17) is 4.74 Å². The number of nitrogens with one attached hydrogen (secondary N) is 2. The van der Waals surface area contributed by atoms with E-state index < -0.39 is 10.0 Å². The second kappa shape index (κ2) is 8.84. The second-order valence-corrected chi connectivity index (χ2v) is 6.74. The van der Waals surface area contributed by atoms with E-state index >= 15 is 0 Å². The molecule has 0 radical (unpaired) electrons. The molecule has 0 saturated carbocycles. The lowest BCUT2D eigenvalue weighted by Crippen LogP contribution is -2.31. The number of carbonyl (C=O) groups excluding carboxylic acids is 1. The predicted molar refractivity (Wildman–Crippen MR) is 84.4 cm³/mol. The lowest BCUT2D eigenvalue weighted by atomic mass is 10.2. The molecule has 1 aromatic rings. The number of nitrogens with zero attached hydrogens (tertiary/aromatic N) is 1. The maximum absolute atomic E-state index is 12.2. The monoisotopic (exact) mass is 329 g/mol. The normalized spacial score (nSPS) is 11.6. The van der Waals surface area contributed by atoms with Gasteiger partial charge in [-0.15, -0.1) is 0 Å². The Balaban J connectivity index is 2.75. The van der Waals surface area contributed by atoms with Gasteiger partial charge in [0.05, 0.1) is 11.5 Å². The standard InChI is InChI=1S/C14H23N3O4S/c1-17(2)9-7-16-22(19,20)13-6-4-5-12(11-13)14(18)15-8-10-21-3/h4-6,11,16H,7-10H2,1-3H3,(H,15,18). The highest BCUT2D eigenvalue weighted by molar-refractivity contribution is 7.89. The summed E-state index contributed by atoms with van der Waals surface area (Å²) in [6.07, 6.45) is 0. The van der Waals surface area contributed by atoms with Crippen molar-refractivity contribution in [1.29, 1.82) is 0 Å². The van der Waals surface area contributed by atoms with Crippen LogP contribution in [0.3, 0.4) is 0 Å². The van der Waals surface area contributed by atoms with Crippen LogP contribution in [0.1, 0.15) is 10.4 Å². The molecule has 0 aliphatic rings. The van der Waals surface area contributed by atoms with Crippen LogP contribution in [-0.4, -0.2) is 66.7 Å². The Bertz CT molecular complexity index is 588. The van der Waals surface area contributed by atoms with Gasteiger partial charge in [0.1, 0.15) is 0 Å². The SMILES string of the molecule is COCCNC(=O)c1cccc(S(=O)(=O)NCCN(C)C)c1. The fraction of sp³-hybridized carbons (Fsp3) is 0.500. The van der Waals surface area contributed by atoms with Crippen LogP contribution in [0.4, 0.5) is 0 Å². The number of hydrogen-bond donors (Lipinski definition) is 2. The zero-order valence-electron chi connectivity index (χ0n) is 13.1. The van der Waals surface area contributed by atoms with Gasteiger partial charge in [-0.3, -0.25) is 4.79 Å². The number of amides is 1. The Hall–Kier alpha value is -1.48. The summed E-state index contributed by atoms with van der Waals surface area (Å²) in [7, 11) is 1.64. The van der Waals surface area contributed by atoms with E-state index in [-0.39, 0.29) is 10.8 Å². The molecule has 22 heavy (non-hydrogen) atoms. The molecule has 0 saturated heterocycles. The molecule has 1 rings (SSSR count). The highest BCUT2D eigenvalue weighted by atomic mass is 32.2. The number of rotatable bonds is 9. The number of benzene rings is 1. The maximum atomic E-state index is 12.2. The minimum absolute atomic E-state index is 0.0747. The third-order valence-corrected chi connectivity index (χ3v) is 4.31. The predicted octanol–water partition coefficient (Wildman–Crippen LogP) is -0.0973. The minimum atomic E-state index is -3.62. The molecule has 7 nitrogen and oxygen atoms in total. The van der Waals surface area contributed by atoms with Gasteiger partial charge in [0.25, 0.3) is 5.91 Å². The molecule has 1 amide bonds. The van der Waals surface area contributed by atoms with Crippen LogP contribution in [-0.2, 0) is 14.8 Å². The Kier molecular flexibility index (Phi) is 7.46. The van der Waals surface area contributed by atoms with Crippen molar-refractivity contribution < 1.29 is 17.9 Å². The Labute approximate surface area is 131 Å². The van der Waals surface area contributed by atoms with Crippen LogP contribution in [0.5, 0.6) is 0 Å². The van der Waals surface area contributed by atoms with Crippen molar-refractivity contribution in [2.24, 2.45) is 0 Å². The van der Waals surface area contributed by atoms with Gasteiger partial charge in [-0.05, 0) is 32.3 Å². The van der Waals surface area contributed by atoms with Crippen LogP contribution < -0.4 is 10.0 Å². The van der Waals surface area contributed by atoms with Gasteiger partial charge in [0.15, 0.2) is 0 Å². The van der Waals surface area contributed by atoms with Gasteiger partial charge in [-0.2, -0.15) is 0 Å². The summed E-state index contributed by atoms with van der Waals surface area (Å²) in [5.41, 5.74) is 0.298. The number of likely N-dealkylation sites (N-methyl/N-ethyl adjacent to an activating group) is 1. The van der Waals surface area contributed by atoms with E-state index in [1.807, 2.05) is 19.0 Å². The van der Waals surface area contributed by atoms with Crippen LogP contribution in [0, 0.1) is 0 Å². The van der Waals surface area contributed by atoms with Gasteiger partial charge >= 0.3 is 0 Å². The highest BCUT2D eigenvalue weighted by Gasteiger charge is 2.15.